The van der Waals surface area contributed by atoms with Crippen LogP contribution in [0.3, 0.4) is 0 Å². The third-order valence-electron chi connectivity index (χ3n) is 4.76. The Hall–Kier alpha value is -0.0400. The fourth-order valence-corrected chi connectivity index (χ4v) is 3.90. The van der Waals surface area contributed by atoms with Crippen molar-refractivity contribution in [2.75, 3.05) is 6.54 Å². The van der Waals surface area contributed by atoms with Crippen molar-refractivity contribution in [2.24, 2.45) is 17.8 Å². The van der Waals surface area contributed by atoms with Gasteiger partial charge in [-0.2, -0.15) is 0 Å². The Labute approximate surface area is 108 Å². The minimum Gasteiger partial charge on any atom is -0.314 e. The SMILES string of the molecule is CC(C)CC1CCCC(NCC2CCCC2)C1. The Kier molecular flexibility index (Phi) is 5.34. The van der Waals surface area contributed by atoms with E-state index in [1.54, 1.807) is 0 Å². The second-order valence-corrected chi connectivity index (χ2v) is 6.92. The van der Waals surface area contributed by atoms with Gasteiger partial charge in [0.2, 0.25) is 0 Å². The van der Waals surface area contributed by atoms with Crippen LogP contribution < -0.4 is 5.32 Å². The summed E-state index contributed by atoms with van der Waals surface area (Å²) in [5.74, 6) is 2.89. The quantitative estimate of drug-likeness (QED) is 0.748. The molecule has 0 aliphatic heterocycles. The average Bonchev–Trinajstić information content (AvgIpc) is 2.79. The van der Waals surface area contributed by atoms with E-state index in [0.29, 0.717) is 0 Å². The van der Waals surface area contributed by atoms with E-state index in [2.05, 4.69) is 19.2 Å². The van der Waals surface area contributed by atoms with Crippen LogP contribution in [-0.4, -0.2) is 12.6 Å². The number of hydrogen-bond acceptors (Lipinski definition) is 1. The molecule has 17 heavy (non-hydrogen) atoms. The topological polar surface area (TPSA) is 12.0 Å². The molecule has 2 atom stereocenters. The first-order chi connectivity index (χ1) is 8.24. The lowest BCUT2D eigenvalue weighted by molar-refractivity contribution is 0.246. The minimum absolute atomic E-state index is 0.841. The van der Waals surface area contributed by atoms with E-state index in [4.69, 9.17) is 0 Å². The summed E-state index contributed by atoms with van der Waals surface area (Å²) in [5.41, 5.74) is 0. The fourth-order valence-electron chi connectivity index (χ4n) is 3.90. The predicted octanol–water partition coefficient (Wildman–Crippen LogP) is 4.37. The van der Waals surface area contributed by atoms with E-state index in [1.807, 2.05) is 0 Å². The Balaban J connectivity index is 1.65. The molecular weight excluding hydrogens is 206 g/mol. The maximum absolute atomic E-state index is 3.87. The first kappa shape index (κ1) is 13.4. The number of rotatable bonds is 5. The Morgan fingerprint density at radius 2 is 1.65 bits per heavy atom. The van der Waals surface area contributed by atoms with Gasteiger partial charge in [0.25, 0.3) is 0 Å². The summed E-state index contributed by atoms with van der Waals surface area (Å²) >= 11 is 0. The maximum Gasteiger partial charge on any atom is 0.00698 e. The lowest BCUT2D eigenvalue weighted by Crippen LogP contribution is -2.37. The van der Waals surface area contributed by atoms with Gasteiger partial charge in [0.1, 0.15) is 0 Å². The van der Waals surface area contributed by atoms with Crippen LogP contribution in [0.25, 0.3) is 0 Å². The molecule has 2 fully saturated rings. The molecule has 1 N–H and O–H groups in total. The van der Waals surface area contributed by atoms with Crippen molar-refractivity contribution < 1.29 is 0 Å². The van der Waals surface area contributed by atoms with Crippen LogP contribution in [-0.2, 0) is 0 Å². The van der Waals surface area contributed by atoms with Crippen LogP contribution in [0.2, 0.25) is 0 Å². The highest BCUT2D eigenvalue weighted by Gasteiger charge is 2.23. The lowest BCUT2D eigenvalue weighted by Gasteiger charge is -2.31. The molecule has 2 aliphatic carbocycles. The maximum atomic E-state index is 3.87. The standard InChI is InChI=1S/C16H31N/c1-13(2)10-15-8-5-9-16(11-15)17-12-14-6-3-4-7-14/h13-17H,3-12H2,1-2H3. The zero-order valence-corrected chi connectivity index (χ0v) is 11.9. The van der Waals surface area contributed by atoms with Crippen molar-refractivity contribution in [1.29, 1.82) is 0 Å². The number of hydrogen-bond donors (Lipinski definition) is 1. The first-order valence-electron chi connectivity index (χ1n) is 7.97. The van der Waals surface area contributed by atoms with E-state index in [-0.39, 0.29) is 0 Å². The van der Waals surface area contributed by atoms with Crippen LogP contribution >= 0.6 is 0 Å². The summed E-state index contributed by atoms with van der Waals surface area (Å²) in [6, 6.07) is 0.841. The molecule has 1 nitrogen and oxygen atoms in total. The van der Waals surface area contributed by atoms with Gasteiger partial charge in [-0.1, -0.05) is 39.5 Å². The molecule has 1 heteroatoms. The molecule has 2 rings (SSSR count). The van der Waals surface area contributed by atoms with Gasteiger partial charge < -0.3 is 5.32 Å². The Bertz CT molecular complexity index is 206. The summed E-state index contributed by atoms with van der Waals surface area (Å²) in [4.78, 5) is 0. The molecule has 0 saturated heterocycles. The summed E-state index contributed by atoms with van der Waals surface area (Å²) in [6.45, 7) is 6.05. The molecule has 0 aromatic heterocycles. The smallest absolute Gasteiger partial charge is 0.00698 e. The van der Waals surface area contributed by atoms with Crippen LogP contribution in [0.1, 0.15) is 71.6 Å². The summed E-state index contributed by atoms with van der Waals surface area (Å²) in [5, 5.41) is 3.87. The van der Waals surface area contributed by atoms with Crippen molar-refractivity contribution in [1.82, 2.24) is 5.32 Å². The second-order valence-electron chi connectivity index (χ2n) is 6.92. The van der Waals surface area contributed by atoms with Crippen molar-refractivity contribution in [2.45, 2.75) is 77.7 Å². The second kappa shape index (κ2) is 6.78. The van der Waals surface area contributed by atoms with Gasteiger partial charge in [-0.3, -0.25) is 0 Å². The van der Waals surface area contributed by atoms with E-state index in [9.17, 15) is 0 Å². The van der Waals surface area contributed by atoms with E-state index in [0.717, 1.165) is 23.8 Å². The third kappa shape index (κ3) is 4.62. The summed E-state index contributed by atoms with van der Waals surface area (Å²) < 4.78 is 0. The summed E-state index contributed by atoms with van der Waals surface area (Å²) in [7, 11) is 0. The van der Waals surface area contributed by atoms with Crippen molar-refractivity contribution in [3.05, 3.63) is 0 Å². The largest absolute Gasteiger partial charge is 0.314 e. The van der Waals surface area contributed by atoms with Crippen molar-refractivity contribution in [3.8, 4) is 0 Å². The van der Waals surface area contributed by atoms with Gasteiger partial charge in [0.05, 0.1) is 0 Å². The molecular formula is C16H31N. The third-order valence-corrected chi connectivity index (χ3v) is 4.76. The van der Waals surface area contributed by atoms with Gasteiger partial charge in [0, 0.05) is 6.04 Å². The molecule has 100 valence electrons. The van der Waals surface area contributed by atoms with Crippen LogP contribution in [0.5, 0.6) is 0 Å². The average molecular weight is 237 g/mol. The Morgan fingerprint density at radius 3 is 2.35 bits per heavy atom. The molecule has 0 amide bonds. The predicted molar refractivity (Wildman–Crippen MR) is 75.2 cm³/mol. The molecule has 2 aliphatic rings. The van der Waals surface area contributed by atoms with Gasteiger partial charge >= 0.3 is 0 Å². The molecule has 0 heterocycles. The van der Waals surface area contributed by atoms with Crippen LogP contribution in [0.4, 0.5) is 0 Å². The van der Waals surface area contributed by atoms with Crippen molar-refractivity contribution in [3.63, 3.8) is 0 Å². The lowest BCUT2D eigenvalue weighted by atomic mass is 9.81. The van der Waals surface area contributed by atoms with E-state index in [1.165, 1.54) is 64.3 Å². The normalized spacial score (nSPS) is 31.2. The van der Waals surface area contributed by atoms with Crippen LogP contribution in [0, 0.1) is 17.8 Å². The zero-order valence-electron chi connectivity index (χ0n) is 11.9. The molecule has 0 spiro atoms. The van der Waals surface area contributed by atoms with Crippen LogP contribution in [0.15, 0.2) is 0 Å². The highest BCUT2D eigenvalue weighted by atomic mass is 14.9. The monoisotopic (exact) mass is 237 g/mol. The first-order valence-corrected chi connectivity index (χ1v) is 7.97. The highest BCUT2D eigenvalue weighted by Crippen LogP contribution is 2.30. The van der Waals surface area contributed by atoms with Gasteiger partial charge in [-0.25, -0.2) is 0 Å². The zero-order chi connectivity index (χ0) is 12.1. The Morgan fingerprint density at radius 1 is 0.941 bits per heavy atom. The highest BCUT2D eigenvalue weighted by molar-refractivity contribution is 4.80. The fraction of sp³-hybridized carbons (Fsp3) is 1.00. The van der Waals surface area contributed by atoms with Gasteiger partial charge in [-0.05, 0) is 56.4 Å². The van der Waals surface area contributed by atoms with E-state index >= 15 is 0 Å². The van der Waals surface area contributed by atoms with Gasteiger partial charge in [0.15, 0.2) is 0 Å². The van der Waals surface area contributed by atoms with Gasteiger partial charge in [-0.15, -0.1) is 0 Å². The summed E-state index contributed by atoms with van der Waals surface area (Å²) in [6.07, 6.45) is 13.2. The molecule has 0 radical (unpaired) electrons. The van der Waals surface area contributed by atoms with E-state index < -0.39 is 0 Å². The molecule has 2 unspecified atom stereocenters. The molecule has 2 saturated carbocycles. The molecule has 0 aromatic rings. The minimum atomic E-state index is 0.841. The molecule has 0 aromatic carbocycles. The number of nitrogens with one attached hydrogen (secondary N) is 1. The molecule has 0 bridgehead atoms. The van der Waals surface area contributed by atoms with Crippen molar-refractivity contribution >= 4 is 0 Å².